The molecule has 3 aromatic carbocycles. The van der Waals surface area contributed by atoms with Gasteiger partial charge in [0.25, 0.3) is 0 Å². The van der Waals surface area contributed by atoms with Crippen molar-refractivity contribution in [2.24, 2.45) is 0 Å². The van der Waals surface area contributed by atoms with E-state index in [1.807, 2.05) is 79.1 Å². The fourth-order valence-electron chi connectivity index (χ4n) is 3.59. The second-order valence-corrected chi connectivity index (χ2v) is 8.10. The molecule has 1 aliphatic rings. The first-order valence-electron chi connectivity index (χ1n) is 10.4. The van der Waals surface area contributed by atoms with Crippen molar-refractivity contribution in [2.75, 3.05) is 18.7 Å². The van der Waals surface area contributed by atoms with Crippen LogP contribution in [-0.4, -0.2) is 28.5 Å². The molecule has 5 rings (SSSR count). The molecule has 0 bridgehead atoms. The van der Waals surface area contributed by atoms with Gasteiger partial charge in [-0.05, 0) is 36.1 Å². The monoisotopic (exact) mass is 458 g/mol. The highest BCUT2D eigenvalue weighted by atomic mass is 32.2. The van der Waals surface area contributed by atoms with Crippen LogP contribution in [0.2, 0.25) is 0 Å². The van der Waals surface area contributed by atoms with Gasteiger partial charge in [0.05, 0.1) is 7.11 Å². The highest BCUT2D eigenvalue weighted by Gasteiger charge is 2.26. The lowest BCUT2D eigenvalue weighted by Crippen LogP contribution is -2.17. The molecular weight excluding hydrogens is 436 g/mol. The fraction of sp³-hybridized carbons (Fsp3) is 0.160. The summed E-state index contributed by atoms with van der Waals surface area (Å²) in [5.74, 6) is 1.71. The number of hydrogen-bond donors (Lipinski definition) is 1. The number of ether oxygens (including phenoxy) is 3. The smallest absolute Gasteiger partial charge is 0.247 e. The van der Waals surface area contributed by atoms with Crippen molar-refractivity contribution in [1.29, 1.82) is 0 Å². The maximum Gasteiger partial charge on any atom is 0.247 e. The predicted octanol–water partition coefficient (Wildman–Crippen LogP) is 5.35. The average molecular weight is 459 g/mol. The first-order chi connectivity index (χ1) is 16.2. The Hall–Kier alpha value is -3.78. The van der Waals surface area contributed by atoms with Crippen LogP contribution in [-0.2, 0) is 6.61 Å². The minimum Gasteiger partial charge on any atom is -0.493 e. The van der Waals surface area contributed by atoms with Crippen LogP contribution in [0.25, 0.3) is 11.3 Å². The molecule has 2 heterocycles. The highest BCUT2D eigenvalue weighted by Crippen LogP contribution is 2.40. The third kappa shape index (κ3) is 4.42. The lowest BCUT2D eigenvalue weighted by atomic mass is 10.1. The maximum atomic E-state index is 6.30. The number of fused-ring (bicyclic) bond motifs is 3. The summed E-state index contributed by atoms with van der Waals surface area (Å²) in [6.07, 6.45) is 1.40. The van der Waals surface area contributed by atoms with Gasteiger partial charge in [0.2, 0.25) is 11.0 Å². The largest absolute Gasteiger partial charge is 0.493 e. The van der Waals surface area contributed by atoms with Gasteiger partial charge in [0.1, 0.15) is 6.61 Å². The number of nitrogens with one attached hydrogen (secondary N) is 1. The standard InChI is InChI=1S/C25H22N4O3S/c1-30-21-14-17(12-13-20(21)31-15-16-8-4-3-5-9-16)23-26-19-11-7-6-10-18(19)22-24(32-23)27-25(33-2)29-28-22/h3-14,23,26H,15H2,1-2H3/t23-/m0/s1. The van der Waals surface area contributed by atoms with E-state index in [9.17, 15) is 0 Å². The maximum absolute atomic E-state index is 6.30. The van der Waals surface area contributed by atoms with E-state index < -0.39 is 6.23 Å². The Kier molecular flexibility index (Phi) is 5.99. The minimum atomic E-state index is -0.504. The molecule has 0 radical (unpaired) electrons. The van der Waals surface area contributed by atoms with E-state index >= 15 is 0 Å². The number of para-hydroxylation sites is 1. The first kappa shape index (κ1) is 21.1. The van der Waals surface area contributed by atoms with E-state index in [2.05, 4.69) is 20.5 Å². The quantitative estimate of drug-likeness (QED) is 0.387. The van der Waals surface area contributed by atoms with E-state index in [0.717, 1.165) is 22.4 Å². The van der Waals surface area contributed by atoms with Crippen molar-refractivity contribution in [3.8, 4) is 28.6 Å². The number of benzene rings is 3. The molecule has 0 fully saturated rings. The number of methoxy groups -OCH3 is 1. The molecule has 8 heteroatoms. The summed E-state index contributed by atoms with van der Waals surface area (Å²) in [7, 11) is 1.63. The molecule has 1 atom stereocenters. The summed E-state index contributed by atoms with van der Waals surface area (Å²) in [6, 6.07) is 23.7. The van der Waals surface area contributed by atoms with Gasteiger partial charge in [-0.1, -0.05) is 60.3 Å². The van der Waals surface area contributed by atoms with Crippen LogP contribution in [0.1, 0.15) is 17.4 Å². The van der Waals surface area contributed by atoms with Crippen molar-refractivity contribution in [3.05, 3.63) is 83.9 Å². The number of nitrogens with zero attached hydrogens (tertiary/aromatic N) is 3. The number of aromatic nitrogens is 3. The summed E-state index contributed by atoms with van der Waals surface area (Å²) in [5.41, 5.74) is 4.33. The number of anilines is 1. The van der Waals surface area contributed by atoms with Crippen LogP contribution in [0.3, 0.4) is 0 Å². The van der Waals surface area contributed by atoms with E-state index in [1.54, 1.807) is 7.11 Å². The normalized spacial score (nSPS) is 14.2. The Balaban J connectivity index is 1.47. The Morgan fingerprint density at radius 2 is 1.79 bits per heavy atom. The van der Waals surface area contributed by atoms with E-state index in [1.165, 1.54) is 11.8 Å². The zero-order valence-corrected chi connectivity index (χ0v) is 19.0. The zero-order valence-electron chi connectivity index (χ0n) is 18.2. The Morgan fingerprint density at radius 1 is 0.970 bits per heavy atom. The third-order valence-electron chi connectivity index (χ3n) is 5.24. The second-order valence-electron chi connectivity index (χ2n) is 7.32. The van der Waals surface area contributed by atoms with Crippen LogP contribution in [0.4, 0.5) is 5.69 Å². The van der Waals surface area contributed by atoms with Crippen LogP contribution < -0.4 is 19.5 Å². The zero-order chi connectivity index (χ0) is 22.6. The summed E-state index contributed by atoms with van der Waals surface area (Å²) < 4.78 is 17.9. The molecule has 1 aromatic heterocycles. The Bertz CT molecular complexity index is 1270. The molecule has 1 N–H and O–H groups in total. The lowest BCUT2D eigenvalue weighted by Gasteiger charge is -2.21. The summed E-state index contributed by atoms with van der Waals surface area (Å²) >= 11 is 1.42. The second kappa shape index (κ2) is 9.38. The SMILES string of the molecule is COc1cc([C@H]2Nc3ccccc3-c3nnc(SC)nc3O2)ccc1OCc1ccccc1. The van der Waals surface area contributed by atoms with Crippen molar-refractivity contribution in [3.63, 3.8) is 0 Å². The third-order valence-corrected chi connectivity index (χ3v) is 5.78. The van der Waals surface area contributed by atoms with Crippen molar-refractivity contribution in [1.82, 2.24) is 15.2 Å². The molecular formula is C25H22N4O3S. The van der Waals surface area contributed by atoms with Crippen molar-refractivity contribution >= 4 is 17.4 Å². The Labute approximate surface area is 196 Å². The van der Waals surface area contributed by atoms with Gasteiger partial charge in [-0.25, -0.2) is 0 Å². The molecule has 166 valence electrons. The lowest BCUT2D eigenvalue weighted by molar-refractivity contribution is 0.224. The van der Waals surface area contributed by atoms with Crippen LogP contribution in [0.5, 0.6) is 17.4 Å². The molecule has 1 aliphatic heterocycles. The van der Waals surface area contributed by atoms with Crippen molar-refractivity contribution < 1.29 is 14.2 Å². The van der Waals surface area contributed by atoms with Gasteiger partial charge >= 0.3 is 0 Å². The first-order valence-corrected chi connectivity index (χ1v) is 11.6. The molecule has 0 unspecified atom stereocenters. The molecule has 33 heavy (non-hydrogen) atoms. The highest BCUT2D eigenvalue weighted by molar-refractivity contribution is 7.98. The van der Waals surface area contributed by atoms with Gasteiger partial charge in [0.15, 0.2) is 23.4 Å². The molecule has 0 saturated carbocycles. The average Bonchev–Trinajstić information content (AvgIpc) is 3.04. The van der Waals surface area contributed by atoms with Gasteiger partial charge in [-0.15, -0.1) is 10.2 Å². The fourth-order valence-corrected chi connectivity index (χ4v) is 3.88. The number of hydrogen-bond acceptors (Lipinski definition) is 8. The van der Waals surface area contributed by atoms with Gasteiger partial charge in [0, 0.05) is 16.8 Å². The molecule has 0 aliphatic carbocycles. The number of rotatable bonds is 6. The molecule has 0 spiro atoms. The van der Waals surface area contributed by atoms with Crippen LogP contribution >= 0.6 is 11.8 Å². The van der Waals surface area contributed by atoms with Crippen molar-refractivity contribution in [2.45, 2.75) is 18.0 Å². The van der Waals surface area contributed by atoms with Gasteiger partial charge in [-0.3, -0.25) is 0 Å². The van der Waals surface area contributed by atoms with E-state index in [0.29, 0.717) is 34.8 Å². The summed E-state index contributed by atoms with van der Waals surface area (Å²) in [5, 5.41) is 12.6. The Morgan fingerprint density at radius 3 is 2.61 bits per heavy atom. The summed E-state index contributed by atoms with van der Waals surface area (Å²) in [4.78, 5) is 4.56. The van der Waals surface area contributed by atoms with Crippen LogP contribution in [0.15, 0.2) is 78.0 Å². The molecule has 7 nitrogen and oxygen atoms in total. The summed E-state index contributed by atoms with van der Waals surface area (Å²) in [6.45, 7) is 0.454. The molecule has 0 saturated heterocycles. The predicted molar refractivity (Wildman–Crippen MR) is 128 cm³/mol. The van der Waals surface area contributed by atoms with Crippen LogP contribution in [0, 0.1) is 0 Å². The van der Waals surface area contributed by atoms with E-state index in [-0.39, 0.29) is 0 Å². The van der Waals surface area contributed by atoms with E-state index in [4.69, 9.17) is 14.2 Å². The molecule has 0 amide bonds. The molecule has 4 aromatic rings. The van der Waals surface area contributed by atoms with Gasteiger partial charge in [-0.2, -0.15) is 4.98 Å². The minimum absolute atomic E-state index is 0.431. The number of thioether (sulfide) groups is 1. The topological polar surface area (TPSA) is 78.4 Å². The van der Waals surface area contributed by atoms with Gasteiger partial charge < -0.3 is 19.5 Å².